The van der Waals surface area contributed by atoms with Gasteiger partial charge in [0.1, 0.15) is 10.9 Å². The number of hydrogen-bond acceptors (Lipinski definition) is 1. The number of aryl methyl sites for hydroxylation is 1. The van der Waals surface area contributed by atoms with Crippen LogP contribution in [0, 0.1) is 12.7 Å². The van der Waals surface area contributed by atoms with E-state index in [1.165, 1.54) is 13.0 Å². The number of benzene rings is 1. The van der Waals surface area contributed by atoms with Crippen LogP contribution in [0.1, 0.15) is 30.9 Å². The molecule has 0 aromatic heterocycles. The predicted molar refractivity (Wildman–Crippen MR) is 65.2 cm³/mol. The Kier molecular flexibility index (Phi) is 3.76. The molecule has 0 saturated heterocycles. The van der Waals surface area contributed by atoms with Gasteiger partial charge < -0.3 is 5.11 Å². The van der Waals surface area contributed by atoms with Crippen LogP contribution in [0.25, 0.3) is 0 Å². The van der Waals surface area contributed by atoms with Gasteiger partial charge in [-0.05, 0) is 38.0 Å². The molecule has 0 amide bonds. The highest BCUT2D eigenvalue weighted by molar-refractivity contribution is 6.23. The smallest absolute Gasteiger partial charge is 0.146 e. The normalized spacial score (nSPS) is 16.6. The molecule has 2 atom stereocenters. The zero-order valence-corrected chi connectivity index (χ0v) is 10.5. The van der Waals surface area contributed by atoms with E-state index in [1.54, 1.807) is 26.0 Å². The number of alkyl halides is 1. The van der Waals surface area contributed by atoms with Crippen LogP contribution in [0.5, 0.6) is 0 Å². The minimum atomic E-state index is -1.42. The van der Waals surface area contributed by atoms with Gasteiger partial charge in [-0.2, -0.15) is 0 Å². The van der Waals surface area contributed by atoms with E-state index in [2.05, 4.69) is 6.58 Å². The van der Waals surface area contributed by atoms with Crippen LogP contribution >= 0.6 is 11.6 Å². The van der Waals surface area contributed by atoms with Gasteiger partial charge >= 0.3 is 0 Å². The summed E-state index contributed by atoms with van der Waals surface area (Å²) in [5, 5.41) is 8.45. The Morgan fingerprint density at radius 1 is 1.56 bits per heavy atom. The van der Waals surface area contributed by atoms with Gasteiger partial charge in [0, 0.05) is 5.92 Å². The number of hydrogen-bond donors (Lipinski definition) is 1. The number of aliphatic hydroxyl groups is 1. The summed E-state index contributed by atoms with van der Waals surface area (Å²) in [5.41, 5.74) is 2.04. The molecule has 1 rings (SSSR count). The van der Waals surface area contributed by atoms with E-state index >= 15 is 0 Å². The van der Waals surface area contributed by atoms with Crippen LogP contribution < -0.4 is 0 Å². The topological polar surface area (TPSA) is 20.2 Å². The molecule has 0 aliphatic carbocycles. The molecule has 88 valence electrons. The summed E-state index contributed by atoms with van der Waals surface area (Å²) >= 11 is 5.92. The Balaban J connectivity index is 3.22. The Morgan fingerprint density at radius 3 is 2.50 bits per heavy atom. The summed E-state index contributed by atoms with van der Waals surface area (Å²) in [6, 6.07) is 4.69. The van der Waals surface area contributed by atoms with Crippen molar-refractivity contribution in [1.29, 1.82) is 0 Å². The maximum Gasteiger partial charge on any atom is 0.146 e. The molecular weight excluding hydrogens is 227 g/mol. The van der Waals surface area contributed by atoms with E-state index in [0.29, 0.717) is 5.56 Å². The molecule has 1 nitrogen and oxygen atoms in total. The van der Waals surface area contributed by atoms with Crippen LogP contribution in [0.15, 0.2) is 30.4 Å². The van der Waals surface area contributed by atoms with E-state index in [-0.39, 0.29) is 5.82 Å². The van der Waals surface area contributed by atoms with Crippen molar-refractivity contribution in [3.05, 3.63) is 47.3 Å². The summed E-state index contributed by atoms with van der Waals surface area (Å²) < 4.78 is 13.1. The van der Waals surface area contributed by atoms with Crippen LogP contribution in [0.2, 0.25) is 0 Å². The third kappa shape index (κ3) is 2.83. The molecule has 0 radical (unpaired) electrons. The summed E-state index contributed by atoms with van der Waals surface area (Å²) in [6.07, 6.45) is 0. The van der Waals surface area contributed by atoms with E-state index in [0.717, 1.165) is 11.1 Å². The summed E-state index contributed by atoms with van der Waals surface area (Å²) in [7, 11) is 0. The molecule has 1 aromatic rings. The second-order valence-electron chi connectivity index (χ2n) is 4.31. The molecule has 0 aliphatic rings. The van der Waals surface area contributed by atoms with Gasteiger partial charge in [0.15, 0.2) is 0 Å². The fourth-order valence-corrected chi connectivity index (χ4v) is 2.20. The minimum absolute atomic E-state index is 0.265. The Morgan fingerprint density at radius 2 is 2.12 bits per heavy atom. The molecule has 0 aliphatic heterocycles. The van der Waals surface area contributed by atoms with Gasteiger partial charge in [0.25, 0.3) is 0 Å². The fourth-order valence-electron chi connectivity index (χ4n) is 1.89. The summed E-state index contributed by atoms with van der Waals surface area (Å²) in [6.45, 7) is 8.79. The zero-order chi connectivity index (χ0) is 12.5. The van der Waals surface area contributed by atoms with E-state index in [1.807, 2.05) is 0 Å². The largest absolute Gasteiger partial charge is 0.374 e. The lowest BCUT2D eigenvalue weighted by molar-refractivity contribution is 0.129. The standard InChI is InChI=1S/C13H16ClFO/c1-8(2)12(13(4,14)16)10-5-6-11(15)9(3)7-10/h5-7,12,16H,1H2,2-4H3. The molecule has 1 aromatic carbocycles. The quantitative estimate of drug-likeness (QED) is 0.632. The van der Waals surface area contributed by atoms with Crippen molar-refractivity contribution in [2.45, 2.75) is 31.7 Å². The fraction of sp³-hybridized carbons (Fsp3) is 0.385. The maximum atomic E-state index is 13.1. The van der Waals surface area contributed by atoms with Crippen LogP contribution in [-0.4, -0.2) is 10.2 Å². The van der Waals surface area contributed by atoms with Crippen LogP contribution in [0.3, 0.4) is 0 Å². The lowest BCUT2D eigenvalue weighted by Gasteiger charge is -2.28. The van der Waals surface area contributed by atoms with Crippen molar-refractivity contribution < 1.29 is 9.50 Å². The summed E-state index contributed by atoms with van der Waals surface area (Å²) in [4.78, 5) is 0. The van der Waals surface area contributed by atoms with Gasteiger partial charge in [-0.3, -0.25) is 0 Å². The Labute approximate surface area is 101 Å². The van der Waals surface area contributed by atoms with Gasteiger partial charge in [-0.15, -0.1) is 0 Å². The first-order chi connectivity index (χ1) is 7.23. The third-order valence-corrected chi connectivity index (χ3v) is 2.75. The second-order valence-corrected chi connectivity index (χ2v) is 5.08. The zero-order valence-electron chi connectivity index (χ0n) is 9.72. The molecule has 1 N–H and O–H groups in total. The molecule has 3 heteroatoms. The number of halogens is 2. The minimum Gasteiger partial charge on any atom is -0.374 e. The molecule has 2 unspecified atom stereocenters. The Bertz CT molecular complexity index is 407. The average molecular weight is 243 g/mol. The highest BCUT2D eigenvalue weighted by atomic mass is 35.5. The first kappa shape index (κ1) is 13.2. The molecule has 0 bridgehead atoms. The highest BCUT2D eigenvalue weighted by Gasteiger charge is 2.31. The Hall–Kier alpha value is -0.860. The molecule has 0 heterocycles. The summed E-state index contributed by atoms with van der Waals surface area (Å²) in [5.74, 6) is -0.674. The van der Waals surface area contributed by atoms with Gasteiger partial charge in [0.2, 0.25) is 0 Å². The molecule has 16 heavy (non-hydrogen) atoms. The van der Waals surface area contributed by atoms with Gasteiger partial charge in [0.05, 0.1) is 0 Å². The van der Waals surface area contributed by atoms with Crippen molar-refractivity contribution >= 4 is 11.6 Å². The second kappa shape index (κ2) is 4.56. The number of rotatable bonds is 3. The van der Waals surface area contributed by atoms with E-state index in [4.69, 9.17) is 11.6 Å². The maximum absolute atomic E-state index is 13.1. The van der Waals surface area contributed by atoms with Gasteiger partial charge in [-0.1, -0.05) is 35.9 Å². The molecule has 0 saturated carbocycles. The average Bonchev–Trinajstić information content (AvgIpc) is 2.08. The van der Waals surface area contributed by atoms with Crippen molar-refractivity contribution in [2.24, 2.45) is 0 Å². The van der Waals surface area contributed by atoms with Crippen LogP contribution in [-0.2, 0) is 0 Å². The van der Waals surface area contributed by atoms with E-state index in [9.17, 15) is 9.50 Å². The van der Waals surface area contributed by atoms with Crippen molar-refractivity contribution in [3.8, 4) is 0 Å². The lowest BCUT2D eigenvalue weighted by Crippen LogP contribution is -2.26. The first-order valence-corrected chi connectivity index (χ1v) is 5.44. The first-order valence-electron chi connectivity index (χ1n) is 5.06. The van der Waals surface area contributed by atoms with Gasteiger partial charge in [-0.25, -0.2) is 4.39 Å². The lowest BCUT2D eigenvalue weighted by atomic mass is 9.87. The van der Waals surface area contributed by atoms with Crippen LogP contribution in [0.4, 0.5) is 4.39 Å². The molecular formula is C13H16ClFO. The van der Waals surface area contributed by atoms with Crippen molar-refractivity contribution in [1.82, 2.24) is 0 Å². The third-order valence-electron chi connectivity index (χ3n) is 2.54. The highest BCUT2D eigenvalue weighted by Crippen LogP contribution is 2.37. The SMILES string of the molecule is C=C(C)C(c1ccc(F)c(C)c1)C(C)(O)Cl. The predicted octanol–water partition coefficient (Wildman–Crippen LogP) is 3.74. The van der Waals surface area contributed by atoms with Crippen molar-refractivity contribution in [3.63, 3.8) is 0 Å². The van der Waals surface area contributed by atoms with E-state index < -0.39 is 11.0 Å². The monoisotopic (exact) mass is 242 g/mol. The molecule has 0 spiro atoms. The molecule has 0 fully saturated rings. The van der Waals surface area contributed by atoms with Crippen molar-refractivity contribution in [2.75, 3.05) is 0 Å².